The molecule has 2 heterocycles. The lowest BCUT2D eigenvalue weighted by Crippen LogP contribution is -2.47. The molecule has 5 rings (SSSR count). The fourth-order valence-electron chi connectivity index (χ4n) is 6.13. The summed E-state index contributed by atoms with van der Waals surface area (Å²) in [4.78, 5) is 4.31. The Bertz CT molecular complexity index is 1410. The van der Waals surface area contributed by atoms with E-state index in [2.05, 4.69) is 28.3 Å². The molecule has 1 unspecified atom stereocenters. The quantitative estimate of drug-likeness (QED) is 0.304. The van der Waals surface area contributed by atoms with Crippen LogP contribution < -0.4 is 10.1 Å². The molecule has 44 heavy (non-hydrogen) atoms. The number of nitrogens with one attached hydrogen (secondary N) is 1. The van der Waals surface area contributed by atoms with E-state index in [1.54, 1.807) is 6.07 Å². The van der Waals surface area contributed by atoms with Crippen molar-refractivity contribution in [1.82, 2.24) is 9.80 Å². The van der Waals surface area contributed by atoms with Crippen molar-refractivity contribution in [3.63, 3.8) is 0 Å². The van der Waals surface area contributed by atoms with Crippen molar-refractivity contribution in [2.45, 2.75) is 69.4 Å². The Balaban J connectivity index is 1.02. The van der Waals surface area contributed by atoms with Crippen LogP contribution in [-0.4, -0.2) is 60.8 Å². The highest BCUT2D eigenvalue weighted by Gasteiger charge is 2.35. The summed E-state index contributed by atoms with van der Waals surface area (Å²) in [5.41, 5.74) is 1.82. The third kappa shape index (κ3) is 7.29. The van der Waals surface area contributed by atoms with E-state index in [1.165, 1.54) is 18.2 Å². The first-order valence-corrected chi connectivity index (χ1v) is 14.9. The normalized spacial score (nSPS) is 22.2. The molecule has 1 atom stereocenters. The zero-order chi connectivity index (χ0) is 31.6. The summed E-state index contributed by atoms with van der Waals surface area (Å²) >= 11 is 0. The van der Waals surface area contributed by atoms with Crippen LogP contribution in [0.4, 0.5) is 27.6 Å². The number of rotatable bonds is 9. The van der Waals surface area contributed by atoms with Crippen LogP contribution in [0.5, 0.6) is 5.75 Å². The van der Waals surface area contributed by atoms with Crippen molar-refractivity contribution in [3.05, 3.63) is 83.2 Å². The van der Waals surface area contributed by atoms with E-state index in [4.69, 9.17) is 14.7 Å². The highest BCUT2D eigenvalue weighted by molar-refractivity contribution is 5.54. The molecule has 1 N–H and O–H groups in total. The predicted molar refractivity (Wildman–Crippen MR) is 157 cm³/mol. The molecular weight excluding hydrogens is 579 g/mol. The van der Waals surface area contributed by atoms with Crippen LogP contribution >= 0.6 is 0 Å². The van der Waals surface area contributed by atoms with Gasteiger partial charge in [0.25, 0.3) is 5.92 Å². The van der Waals surface area contributed by atoms with E-state index in [1.807, 2.05) is 6.07 Å². The van der Waals surface area contributed by atoms with Gasteiger partial charge < -0.3 is 24.6 Å². The highest BCUT2D eigenvalue weighted by atomic mass is 19.4. The number of benzene rings is 2. The van der Waals surface area contributed by atoms with Crippen LogP contribution in [0.25, 0.3) is 0 Å². The summed E-state index contributed by atoms with van der Waals surface area (Å²) < 4.78 is 79.3. The van der Waals surface area contributed by atoms with Crippen molar-refractivity contribution in [2.75, 3.05) is 38.1 Å². The van der Waals surface area contributed by atoms with Gasteiger partial charge in [-0.2, -0.15) is 18.4 Å². The first kappa shape index (κ1) is 31.6. The molecule has 0 spiro atoms. The summed E-state index contributed by atoms with van der Waals surface area (Å²) in [5.74, 6) is -2.62. The topological polar surface area (TPSA) is 60.8 Å². The van der Waals surface area contributed by atoms with E-state index in [-0.39, 0.29) is 29.4 Å². The number of fused-ring (bicyclic) bond motifs is 1. The molecule has 2 fully saturated rings. The second kappa shape index (κ2) is 12.7. The fraction of sp³-hybridized carbons (Fsp3) is 0.485. The Labute approximate surface area is 254 Å². The van der Waals surface area contributed by atoms with Crippen LogP contribution in [0.15, 0.2) is 61.0 Å². The predicted octanol–water partition coefficient (Wildman–Crippen LogP) is 7.08. The van der Waals surface area contributed by atoms with Crippen LogP contribution in [-0.2, 0) is 23.3 Å². The minimum atomic E-state index is -4.39. The standard InChI is InChI=1S/C33H37F5N4O2/c1-21(20-43-28-9-7-26(8-10-28)40-27-6-4-23(19-39)29(18-27)32(3,34)35)41-12-14-42(15-13-41)22(2)31-17-24-16-25(33(36,37)38)5-11-30(24)44-31/h4-6,11,16,18,26,28,31,40H,1-2,7-10,12-15,17,20H2,3H3. The van der Waals surface area contributed by atoms with Crippen molar-refractivity contribution < 1.29 is 31.4 Å². The Morgan fingerprint density at radius 3 is 2.32 bits per heavy atom. The molecule has 3 aliphatic rings. The molecule has 0 bridgehead atoms. The Hall–Kier alpha value is -3.78. The SMILES string of the molecule is C=C(COC1CCC(Nc2ccc(C#N)c(C(C)(F)F)c2)CC1)N1CCN(C(=C)C2Cc3cc(C(F)(F)F)ccc3O2)CC1. The van der Waals surface area contributed by atoms with Gasteiger partial charge in [-0.05, 0) is 67.6 Å². The molecule has 11 heteroatoms. The third-order valence-corrected chi connectivity index (χ3v) is 8.71. The van der Waals surface area contributed by atoms with Gasteiger partial charge in [0.1, 0.15) is 11.9 Å². The lowest BCUT2D eigenvalue weighted by molar-refractivity contribution is -0.137. The van der Waals surface area contributed by atoms with E-state index >= 15 is 0 Å². The smallest absolute Gasteiger partial charge is 0.416 e. The summed E-state index contributed by atoms with van der Waals surface area (Å²) in [7, 11) is 0. The molecule has 0 radical (unpaired) electrons. The number of piperazine rings is 1. The zero-order valence-corrected chi connectivity index (χ0v) is 24.7. The van der Waals surface area contributed by atoms with Gasteiger partial charge in [-0.3, -0.25) is 0 Å². The molecular formula is C33H37F5N4O2. The van der Waals surface area contributed by atoms with Crippen molar-refractivity contribution in [3.8, 4) is 11.8 Å². The molecule has 6 nitrogen and oxygen atoms in total. The minimum Gasteiger partial charge on any atom is -0.484 e. The van der Waals surface area contributed by atoms with E-state index in [0.29, 0.717) is 43.1 Å². The second-order valence-electron chi connectivity index (χ2n) is 11.9. The monoisotopic (exact) mass is 616 g/mol. The van der Waals surface area contributed by atoms with Gasteiger partial charge in [-0.25, -0.2) is 8.78 Å². The van der Waals surface area contributed by atoms with E-state index in [9.17, 15) is 22.0 Å². The van der Waals surface area contributed by atoms with Crippen LogP contribution in [0.1, 0.15) is 54.9 Å². The number of hydrogen-bond donors (Lipinski definition) is 1. The maximum atomic E-state index is 14.0. The number of alkyl halides is 5. The fourth-order valence-corrected chi connectivity index (χ4v) is 6.13. The Kier molecular flexibility index (Phi) is 9.12. The van der Waals surface area contributed by atoms with Gasteiger partial charge in [-0.1, -0.05) is 13.2 Å². The van der Waals surface area contributed by atoms with E-state index in [0.717, 1.165) is 69.2 Å². The van der Waals surface area contributed by atoms with Gasteiger partial charge >= 0.3 is 6.18 Å². The van der Waals surface area contributed by atoms with Crippen molar-refractivity contribution >= 4 is 5.69 Å². The number of nitriles is 1. The maximum Gasteiger partial charge on any atom is 0.416 e. The van der Waals surface area contributed by atoms with Crippen LogP contribution in [0.2, 0.25) is 0 Å². The van der Waals surface area contributed by atoms with Crippen LogP contribution in [0, 0.1) is 11.3 Å². The van der Waals surface area contributed by atoms with Gasteiger partial charge in [0.05, 0.1) is 29.9 Å². The van der Waals surface area contributed by atoms with Gasteiger partial charge in [0, 0.05) is 68.2 Å². The van der Waals surface area contributed by atoms with Crippen molar-refractivity contribution in [1.29, 1.82) is 5.26 Å². The van der Waals surface area contributed by atoms with Crippen LogP contribution in [0.3, 0.4) is 0 Å². The first-order chi connectivity index (χ1) is 20.8. The van der Waals surface area contributed by atoms with Crippen molar-refractivity contribution in [2.24, 2.45) is 0 Å². The second-order valence-corrected chi connectivity index (χ2v) is 11.9. The lowest BCUT2D eigenvalue weighted by Gasteiger charge is -2.40. The summed E-state index contributed by atoms with van der Waals surface area (Å²) in [6.07, 6.45) is -0.996. The molecule has 0 amide bonds. The maximum absolute atomic E-state index is 14.0. The lowest BCUT2D eigenvalue weighted by atomic mass is 9.92. The minimum absolute atomic E-state index is 0.0217. The number of halogens is 5. The number of nitrogens with zero attached hydrogens (tertiary/aromatic N) is 3. The molecule has 2 aliphatic heterocycles. The first-order valence-electron chi connectivity index (χ1n) is 14.9. The molecule has 2 aromatic rings. The molecule has 0 aromatic heterocycles. The number of anilines is 1. The average Bonchev–Trinajstić information content (AvgIpc) is 3.43. The Morgan fingerprint density at radius 1 is 1.00 bits per heavy atom. The molecule has 2 aromatic carbocycles. The number of hydrogen-bond acceptors (Lipinski definition) is 6. The van der Waals surface area contributed by atoms with E-state index < -0.39 is 17.7 Å². The number of ether oxygens (including phenoxy) is 2. The molecule has 1 aliphatic carbocycles. The summed E-state index contributed by atoms with van der Waals surface area (Å²) in [6, 6.07) is 10.0. The summed E-state index contributed by atoms with van der Waals surface area (Å²) in [6.45, 7) is 12.5. The third-order valence-electron chi connectivity index (χ3n) is 8.71. The largest absolute Gasteiger partial charge is 0.484 e. The van der Waals surface area contributed by atoms with Gasteiger partial charge in [0.2, 0.25) is 0 Å². The average molecular weight is 617 g/mol. The zero-order valence-electron chi connectivity index (χ0n) is 24.7. The molecule has 1 saturated carbocycles. The van der Waals surface area contributed by atoms with Gasteiger partial charge in [0.15, 0.2) is 0 Å². The van der Waals surface area contributed by atoms with Gasteiger partial charge in [-0.15, -0.1) is 0 Å². The molecule has 1 saturated heterocycles. The highest BCUT2D eigenvalue weighted by Crippen LogP contribution is 2.38. The Morgan fingerprint density at radius 2 is 1.68 bits per heavy atom. The summed E-state index contributed by atoms with van der Waals surface area (Å²) in [5, 5.41) is 12.5. The molecule has 236 valence electrons.